The maximum Gasteiger partial charge on any atom is 0.148 e. The van der Waals surface area contributed by atoms with Crippen molar-refractivity contribution in [3.05, 3.63) is 39.9 Å². The Kier molecular flexibility index (Phi) is 3.07. The van der Waals surface area contributed by atoms with Crippen LogP contribution in [-0.4, -0.2) is 14.8 Å². The zero-order chi connectivity index (χ0) is 11.7. The molecule has 0 unspecified atom stereocenters. The molecule has 0 aliphatic heterocycles. The van der Waals surface area contributed by atoms with Gasteiger partial charge in [-0.1, -0.05) is 15.9 Å². The number of nitrogens with two attached hydrogens (primary N) is 1. The van der Waals surface area contributed by atoms with Crippen LogP contribution in [0.25, 0.3) is 5.69 Å². The summed E-state index contributed by atoms with van der Waals surface area (Å²) in [5.74, 6) is 1.52. The third-order valence-electron chi connectivity index (χ3n) is 2.35. The third-order valence-corrected chi connectivity index (χ3v) is 2.84. The van der Waals surface area contributed by atoms with Crippen LogP contribution in [0.15, 0.2) is 22.7 Å². The van der Waals surface area contributed by atoms with Crippen LogP contribution < -0.4 is 5.73 Å². The molecule has 0 atom stereocenters. The fourth-order valence-corrected chi connectivity index (χ4v) is 2.12. The van der Waals surface area contributed by atoms with Gasteiger partial charge in [0.2, 0.25) is 0 Å². The first-order chi connectivity index (χ1) is 7.61. The average Bonchev–Trinajstić information content (AvgIpc) is 2.59. The highest BCUT2D eigenvalue weighted by Crippen LogP contribution is 2.19. The Morgan fingerprint density at radius 2 is 2.12 bits per heavy atom. The van der Waals surface area contributed by atoms with Gasteiger partial charge in [-0.15, -0.1) is 0 Å². The van der Waals surface area contributed by atoms with Crippen molar-refractivity contribution in [1.82, 2.24) is 14.8 Å². The van der Waals surface area contributed by atoms with E-state index in [0.717, 1.165) is 27.4 Å². The van der Waals surface area contributed by atoms with Crippen molar-refractivity contribution in [3.63, 3.8) is 0 Å². The Hall–Kier alpha value is -1.20. The van der Waals surface area contributed by atoms with E-state index in [0.29, 0.717) is 6.54 Å². The number of benzene rings is 1. The maximum atomic E-state index is 5.65. The molecule has 0 saturated heterocycles. The number of hydrogen-bond acceptors (Lipinski definition) is 3. The lowest BCUT2D eigenvalue weighted by Gasteiger charge is -2.08. The van der Waals surface area contributed by atoms with E-state index in [-0.39, 0.29) is 0 Å². The summed E-state index contributed by atoms with van der Waals surface area (Å²) >= 11 is 3.44. The van der Waals surface area contributed by atoms with Gasteiger partial charge in [-0.05, 0) is 37.6 Å². The van der Waals surface area contributed by atoms with Crippen LogP contribution in [0.5, 0.6) is 0 Å². The molecule has 1 heterocycles. The van der Waals surface area contributed by atoms with Crippen molar-refractivity contribution in [3.8, 4) is 5.69 Å². The molecule has 4 nitrogen and oxygen atoms in total. The van der Waals surface area contributed by atoms with Crippen molar-refractivity contribution >= 4 is 15.9 Å². The van der Waals surface area contributed by atoms with E-state index >= 15 is 0 Å². The fourth-order valence-electron chi connectivity index (χ4n) is 1.64. The van der Waals surface area contributed by atoms with Crippen LogP contribution in [0, 0.1) is 13.8 Å². The Labute approximate surface area is 103 Å². The summed E-state index contributed by atoms with van der Waals surface area (Å²) in [4.78, 5) is 4.28. The average molecular weight is 281 g/mol. The molecule has 2 aromatic rings. The van der Waals surface area contributed by atoms with Gasteiger partial charge in [-0.3, -0.25) is 0 Å². The molecule has 0 saturated carbocycles. The summed E-state index contributed by atoms with van der Waals surface area (Å²) in [5, 5.41) is 4.35. The smallest absolute Gasteiger partial charge is 0.148 e. The summed E-state index contributed by atoms with van der Waals surface area (Å²) in [7, 11) is 0. The molecule has 0 aliphatic carbocycles. The third kappa shape index (κ3) is 2.01. The molecule has 16 heavy (non-hydrogen) atoms. The minimum absolute atomic E-state index is 0.385. The van der Waals surface area contributed by atoms with Gasteiger partial charge in [-0.25, -0.2) is 9.67 Å². The van der Waals surface area contributed by atoms with Gasteiger partial charge >= 0.3 is 0 Å². The lowest BCUT2D eigenvalue weighted by Crippen LogP contribution is -2.09. The summed E-state index contributed by atoms with van der Waals surface area (Å²) in [5.41, 5.74) is 7.80. The van der Waals surface area contributed by atoms with Crippen molar-refractivity contribution < 1.29 is 0 Å². The maximum absolute atomic E-state index is 5.65. The van der Waals surface area contributed by atoms with Gasteiger partial charge in [0.25, 0.3) is 0 Å². The summed E-state index contributed by atoms with van der Waals surface area (Å²) in [6.45, 7) is 4.29. The minimum atomic E-state index is 0.385. The number of halogens is 1. The zero-order valence-corrected chi connectivity index (χ0v) is 10.8. The first-order valence-electron chi connectivity index (χ1n) is 5.01. The van der Waals surface area contributed by atoms with E-state index in [2.05, 4.69) is 26.0 Å². The molecule has 1 aromatic heterocycles. The first-order valence-corrected chi connectivity index (χ1v) is 5.80. The first kappa shape index (κ1) is 11.3. The number of aromatic nitrogens is 3. The lowest BCUT2D eigenvalue weighted by atomic mass is 10.2. The molecule has 0 amide bonds. The molecule has 1 aromatic carbocycles. The molecule has 0 bridgehead atoms. The number of aryl methyl sites for hydroxylation is 2. The van der Waals surface area contributed by atoms with Gasteiger partial charge < -0.3 is 5.73 Å². The van der Waals surface area contributed by atoms with Crippen molar-refractivity contribution in [1.29, 1.82) is 0 Å². The van der Waals surface area contributed by atoms with Crippen LogP contribution in [0.4, 0.5) is 0 Å². The highest BCUT2D eigenvalue weighted by molar-refractivity contribution is 9.10. The van der Waals surface area contributed by atoms with Crippen molar-refractivity contribution in [2.45, 2.75) is 20.4 Å². The normalized spacial score (nSPS) is 10.8. The van der Waals surface area contributed by atoms with Crippen molar-refractivity contribution in [2.75, 3.05) is 0 Å². The molecular weight excluding hydrogens is 268 g/mol. The molecule has 0 spiro atoms. The van der Waals surface area contributed by atoms with Crippen LogP contribution in [-0.2, 0) is 6.54 Å². The minimum Gasteiger partial charge on any atom is -0.324 e. The van der Waals surface area contributed by atoms with Gasteiger partial charge in [-0.2, -0.15) is 5.10 Å². The summed E-state index contributed by atoms with van der Waals surface area (Å²) < 4.78 is 2.86. The van der Waals surface area contributed by atoms with Crippen LogP contribution in [0.1, 0.15) is 17.2 Å². The standard InChI is InChI=1S/C11H13BrN4/c1-7-5-9(12)3-4-10(7)16-11(6-13)14-8(2)15-16/h3-5H,6,13H2,1-2H3. The highest BCUT2D eigenvalue weighted by Gasteiger charge is 2.09. The quantitative estimate of drug-likeness (QED) is 0.917. The molecule has 2 N–H and O–H groups in total. The Balaban J connectivity index is 2.57. The molecule has 84 valence electrons. The second-order valence-corrected chi connectivity index (χ2v) is 4.54. The summed E-state index contributed by atoms with van der Waals surface area (Å²) in [6, 6.07) is 6.04. The second kappa shape index (κ2) is 4.35. The lowest BCUT2D eigenvalue weighted by molar-refractivity contribution is 0.781. The van der Waals surface area contributed by atoms with Crippen LogP contribution in [0.2, 0.25) is 0 Å². The van der Waals surface area contributed by atoms with E-state index in [1.807, 2.05) is 32.0 Å². The van der Waals surface area contributed by atoms with Gasteiger partial charge in [0.05, 0.1) is 12.2 Å². The second-order valence-electron chi connectivity index (χ2n) is 3.62. The molecule has 0 aliphatic rings. The van der Waals surface area contributed by atoms with E-state index in [1.54, 1.807) is 4.68 Å². The van der Waals surface area contributed by atoms with Gasteiger partial charge in [0, 0.05) is 4.47 Å². The van der Waals surface area contributed by atoms with Crippen molar-refractivity contribution in [2.24, 2.45) is 5.73 Å². The van der Waals surface area contributed by atoms with E-state index in [1.165, 1.54) is 0 Å². The molecular formula is C11H13BrN4. The zero-order valence-electron chi connectivity index (χ0n) is 9.24. The molecule has 0 radical (unpaired) electrons. The molecule has 5 heteroatoms. The van der Waals surface area contributed by atoms with Gasteiger partial charge in [0.1, 0.15) is 11.6 Å². The Bertz CT molecular complexity index is 519. The predicted molar refractivity (Wildman–Crippen MR) is 66.4 cm³/mol. The van der Waals surface area contributed by atoms with E-state index in [9.17, 15) is 0 Å². The highest BCUT2D eigenvalue weighted by atomic mass is 79.9. The number of rotatable bonds is 2. The SMILES string of the molecule is Cc1nc(CN)n(-c2ccc(Br)cc2C)n1. The number of nitrogens with zero attached hydrogens (tertiary/aromatic N) is 3. The topological polar surface area (TPSA) is 56.7 Å². The largest absolute Gasteiger partial charge is 0.324 e. The van der Waals surface area contributed by atoms with Crippen LogP contribution in [0.3, 0.4) is 0 Å². The van der Waals surface area contributed by atoms with E-state index in [4.69, 9.17) is 5.73 Å². The summed E-state index contributed by atoms with van der Waals surface area (Å²) in [6.07, 6.45) is 0. The molecule has 0 fully saturated rings. The Morgan fingerprint density at radius 1 is 1.38 bits per heavy atom. The van der Waals surface area contributed by atoms with Gasteiger partial charge in [0.15, 0.2) is 0 Å². The number of hydrogen-bond donors (Lipinski definition) is 1. The van der Waals surface area contributed by atoms with Crippen LogP contribution >= 0.6 is 15.9 Å². The monoisotopic (exact) mass is 280 g/mol. The predicted octanol–water partition coefficient (Wildman–Crippen LogP) is 2.11. The Morgan fingerprint density at radius 3 is 2.75 bits per heavy atom. The molecule has 2 rings (SSSR count). The van der Waals surface area contributed by atoms with E-state index < -0.39 is 0 Å². The fraction of sp³-hybridized carbons (Fsp3) is 0.273.